The Kier molecular flexibility index (Phi) is 8.99. The monoisotopic (exact) mass is 570 g/mol. The van der Waals surface area contributed by atoms with Crippen molar-refractivity contribution in [3.8, 4) is 11.5 Å². The third-order valence-electron chi connectivity index (χ3n) is 5.42. The molecule has 4 rings (SSSR count). The van der Waals surface area contributed by atoms with Crippen LogP contribution >= 0.6 is 35.0 Å². The van der Waals surface area contributed by atoms with Gasteiger partial charge in [0.25, 0.3) is 11.1 Å². The minimum atomic E-state index is -0.530. The van der Waals surface area contributed by atoms with Gasteiger partial charge in [-0.3, -0.25) is 19.3 Å². The molecule has 1 aliphatic heterocycles. The van der Waals surface area contributed by atoms with Gasteiger partial charge in [-0.25, -0.2) is 0 Å². The van der Waals surface area contributed by atoms with E-state index in [1.165, 1.54) is 0 Å². The van der Waals surface area contributed by atoms with Crippen molar-refractivity contribution in [1.29, 1.82) is 0 Å². The third kappa shape index (κ3) is 6.89. The molecule has 196 valence electrons. The molecule has 0 spiro atoms. The summed E-state index contributed by atoms with van der Waals surface area (Å²) >= 11 is 12.8. The van der Waals surface area contributed by atoms with E-state index in [1.54, 1.807) is 48.5 Å². The molecular formula is C28H24Cl2N2O5S. The van der Waals surface area contributed by atoms with Crippen LogP contribution in [0.25, 0.3) is 6.08 Å². The number of aryl methyl sites for hydroxylation is 1. The summed E-state index contributed by atoms with van der Waals surface area (Å²) in [5.41, 5.74) is 3.06. The Hall–Kier alpha value is -3.46. The first-order valence-electron chi connectivity index (χ1n) is 11.7. The Balaban J connectivity index is 1.45. The van der Waals surface area contributed by atoms with Crippen LogP contribution < -0.4 is 14.8 Å². The number of ether oxygens (including phenoxy) is 2. The van der Waals surface area contributed by atoms with E-state index in [0.717, 1.165) is 27.8 Å². The zero-order valence-electron chi connectivity index (χ0n) is 20.6. The summed E-state index contributed by atoms with van der Waals surface area (Å²) in [4.78, 5) is 39.0. The van der Waals surface area contributed by atoms with Crippen LogP contribution in [0.3, 0.4) is 0 Å². The lowest BCUT2D eigenvalue weighted by molar-refractivity contribution is -0.127. The van der Waals surface area contributed by atoms with E-state index in [2.05, 4.69) is 5.32 Å². The highest BCUT2D eigenvalue weighted by atomic mass is 35.5. The van der Waals surface area contributed by atoms with Gasteiger partial charge in [-0.1, -0.05) is 47.5 Å². The number of carbonyl (C=O) groups is 3. The average Bonchev–Trinajstić information content (AvgIpc) is 3.13. The van der Waals surface area contributed by atoms with Gasteiger partial charge in [0.1, 0.15) is 13.2 Å². The van der Waals surface area contributed by atoms with E-state index in [0.29, 0.717) is 39.4 Å². The number of anilines is 1. The number of carbonyl (C=O) groups excluding carboxylic acids is 3. The number of hydrogen-bond acceptors (Lipinski definition) is 6. The van der Waals surface area contributed by atoms with Crippen molar-refractivity contribution in [2.45, 2.75) is 20.5 Å². The van der Waals surface area contributed by atoms with Crippen LogP contribution in [0.2, 0.25) is 10.0 Å². The minimum Gasteiger partial charge on any atom is -0.490 e. The average molecular weight is 571 g/mol. The Morgan fingerprint density at radius 3 is 2.55 bits per heavy atom. The topological polar surface area (TPSA) is 84.9 Å². The third-order valence-corrected chi connectivity index (χ3v) is 7.07. The molecule has 0 unspecified atom stereocenters. The molecule has 0 aliphatic carbocycles. The van der Waals surface area contributed by atoms with Crippen LogP contribution in [0.1, 0.15) is 23.6 Å². The van der Waals surface area contributed by atoms with Crippen LogP contribution in [-0.4, -0.2) is 35.1 Å². The van der Waals surface area contributed by atoms with Gasteiger partial charge in [0, 0.05) is 5.69 Å². The minimum absolute atomic E-state index is 0.213. The quantitative estimate of drug-likeness (QED) is 0.280. The maximum atomic E-state index is 12.9. The SMILES string of the molecule is CCOc1cc(/C=C2\SC(=O)N(CC(=O)Nc3cccc(C)c3)C2=O)ccc1OCc1ccc(Cl)c(Cl)c1. The predicted octanol–water partition coefficient (Wildman–Crippen LogP) is 6.95. The Labute approximate surface area is 234 Å². The normalized spacial score (nSPS) is 14.2. The van der Waals surface area contributed by atoms with Gasteiger partial charge in [-0.2, -0.15) is 0 Å². The standard InChI is InChI=1S/C28H24Cl2N2O5S/c1-3-36-24-13-18(8-10-23(24)37-16-19-7-9-21(29)22(30)12-19)14-25-27(34)32(28(35)38-25)15-26(33)31-20-6-4-5-17(2)11-20/h4-14H,3,15-16H2,1-2H3,(H,31,33)/b25-14-. The Morgan fingerprint density at radius 1 is 1.00 bits per heavy atom. The van der Waals surface area contributed by atoms with Crippen molar-refractivity contribution in [1.82, 2.24) is 4.90 Å². The molecule has 10 heteroatoms. The van der Waals surface area contributed by atoms with Crippen LogP contribution in [0.15, 0.2) is 65.6 Å². The number of thioether (sulfide) groups is 1. The lowest BCUT2D eigenvalue weighted by Gasteiger charge is -2.13. The number of hydrogen-bond donors (Lipinski definition) is 1. The molecule has 0 radical (unpaired) electrons. The second kappa shape index (κ2) is 12.4. The molecule has 0 saturated carbocycles. The molecule has 1 N–H and O–H groups in total. The van der Waals surface area contributed by atoms with Gasteiger partial charge >= 0.3 is 0 Å². The molecular weight excluding hydrogens is 547 g/mol. The fourth-order valence-electron chi connectivity index (χ4n) is 3.65. The number of benzene rings is 3. The van der Waals surface area contributed by atoms with Crippen LogP contribution in [0.4, 0.5) is 10.5 Å². The zero-order chi connectivity index (χ0) is 27.2. The zero-order valence-corrected chi connectivity index (χ0v) is 23.0. The molecule has 7 nitrogen and oxygen atoms in total. The molecule has 3 amide bonds. The summed E-state index contributed by atoms with van der Waals surface area (Å²) in [5, 5.41) is 3.11. The lowest BCUT2D eigenvalue weighted by Crippen LogP contribution is -2.36. The summed E-state index contributed by atoms with van der Waals surface area (Å²) in [6.07, 6.45) is 1.59. The highest BCUT2D eigenvalue weighted by Crippen LogP contribution is 2.35. The summed E-state index contributed by atoms with van der Waals surface area (Å²) in [6, 6.07) is 17.7. The van der Waals surface area contributed by atoms with Crippen molar-refractivity contribution >= 4 is 63.8 Å². The van der Waals surface area contributed by atoms with Gasteiger partial charge in [-0.05, 0) is 84.8 Å². The first-order valence-corrected chi connectivity index (χ1v) is 13.3. The summed E-state index contributed by atoms with van der Waals surface area (Å²) in [6.45, 7) is 4.03. The smallest absolute Gasteiger partial charge is 0.294 e. The van der Waals surface area contributed by atoms with Crippen molar-refractivity contribution in [3.63, 3.8) is 0 Å². The lowest BCUT2D eigenvalue weighted by atomic mass is 10.1. The largest absolute Gasteiger partial charge is 0.490 e. The molecule has 3 aromatic carbocycles. The molecule has 0 bridgehead atoms. The molecule has 1 saturated heterocycles. The van der Waals surface area contributed by atoms with Crippen LogP contribution in [0, 0.1) is 6.92 Å². The van der Waals surface area contributed by atoms with E-state index in [9.17, 15) is 14.4 Å². The molecule has 1 heterocycles. The van der Waals surface area contributed by atoms with Crippen molar-refractivity contribution in [2.24, 2.45) is 0 Å². The second-order valence-corrected chi connectivity index (χ2v) is 10.2. The number of halogens is 2. The van der Waals surface area contributed by atoms with E-state index in [1.807, 2.05) is 32.0 Å². The van der Waals surface area contributed by atoms with Crippen LogP contribution in [-0.2, 0) is 16.2 Å². The predicted molar refractivity (Wildman–Crippen MR) is 151 cm³/mol. The van der Waals surface area contributed by atoms with Crippen molar-refractivity contribution in [2.75, 3.05) is 18.5 Å². The molecule has 38 heavy (non-hydrogen) atoms. The summed E-state index contributed by atoms with van der Waals surface area (Å²) < 4.78 is 11.7. The van der Waals surface area contributed by atoms with Crippen LogP contribution in [0.5, 0.6) is 11.5 Å². The fraction of sp³-hybridized carbons (Fsp3) is 0.179. The molecule has 1 aliphatic rings. The van der Waals surface area contributed by atoms with Gasteiger partial charge in [0.15, 0.2) is 11.5 Å². The molecule has 0 atom stereocenters. The molecule has 1 fully saturated rings. The summed E-state index contributed by atoms with van der Waals surface area (Å²) in [5.74, 6) is 0.00706. The highest BCUT2D eigenvalue weighted by molar-refractivity contribution is 8.18. The van der Waals surface area contributed by atoms with E-state index >= 15 is 0 Å². The molecule has 0 aromatic heterocycles. The fourth-order valence-corrected chi connectivity index (χ4v) is 4.81. The number of imide groups is 1. The van der Waals surface area contributed by atoms with Gasteiger partial charge in [-0.15, -0.1) is 0 Å². The number of amides is 3. The van der Waals surface area contributed by atoms with Crippen molar-refractivity contribution < 1.29 is 23.9 Å². The Bertz CT molecular complexity index is 1430. The Morgan fingerprint density at radius 2 is 1.82 bits per heavy atom. The number of nitrogens with one attached hydrogen (secondary N) is 1. The second-order valence-electron chi connectivity index (χ2n) is 8.36. The summed E-state index contributed by atoms with van der Waals surface area (Å²) in [7, 11) is 0. The van der Waals surface area contributed by atoms with Gasteiger partial charge < -0.3 is 14.8 Å². The van der Waals surface area contributed by atoms with Crippen molar-refractivity contribution in [3.05, 3.63) is 92.3 Å². The van der Waals surface area contributed by atoms with Gasteiger partial charge in [0.05, 0.1) is 21.6 Å². The maximum Gasteiger partial charge on any atom is 0.294 e. The van der Waals surface area contributed by atoms with E-state index in [4.69, 9.17) is 32.7 Å². The van der Waals surface area contributed by atoms with Gasteiger partial charge in [0.2, 0.25) is 5.91 Å². The first kappa shape index (κ1) is 27.6. The maximum absolute atomic E-state index is 12.9. The van der Waals surface area contributed by atoms with E-state index < -0.39 is 17.1 Å². The van der Waals surface area contributed by atoms with E-state index in [-0.39, 0.29) is 18.1 Å². The highest BCUT2D eigenvalue weighted by Gasteiger charge is 2.36. The number of nitrogens with zero attached hydrogens (tertiary/aromatic N) is 1. The first-order chi connectivity index (χ1) is 18.2. The number of rotatable bonds is 9. The molecule has 3 aromatic rings.